The molecular weight excluding hydrogens is 428 g/mol. The molecule has 0 fully saturated rings. The number of carbonyl (C=O) groups is 1. The van der Waals surface area contributed by atoms with Gasteiger partial charge in [0.25, 0.3) is 0 Å². The Kier molecular flexibility index (Phi) is 9.01. The number of methoxy groups -OCH3 is 1. The minimum absolute atomic E-state index is 0.0174. The number of aryl methyl sites for hydroxylation is 2. The van der Waals surface area contributed by atoms with E-state index in [1.165, 1.54) is 0 Å². The number of aromatic amines is 1. The van der Waals surface area contributed by atoms with E-state index in [0.29, 0.717) is 24.9 Å². The van der Waals surface area contributed by atoms with Crippen molar-refractivity contribution in [2.24, 2.45) is 10.9 Å². The van der Waals surface area contributed by atoms with Crippen LogP contribution in [0.3, 0.4) is 0 Å². The average Bonchev–Trinajstić information content (AvgIpc) is 3.20. The standard InChI is InChI=1S/C26H36N6O2/c1-6-8-19(9-7-2)24(33)31-25(32-26-29-17(3)14-18(4)30-26)27-13-12-20-16-28-23-11-10-21(34-5)15-22(20)23/h10-11,14-16,19,28H,6-9,12-13H2,1-5H3,(H2,27,29,30,31,32,33). The molecule has 0 bridgehead atoms. The number of fused-ring (bicyclic) bond motifs is 1. The number of ether oxygens (including phenoxy) is 1. The number of hydrogen-bond donors (Lipinski definition) is 3. The number of anilines is 1. The molecule has 8 heteroatoms. The number of benzene rings is 1. The third-order valence-corrected chi connectivity index (χ3v) is 5.72. The Bertz CT molecular complexity index is 1110. The number of amides is 1. The first-order chi connectivity index (χ1) is 16.4. The highest BCUT2D eigenvalue weighted by atomic mass is 16.5. The van der Waals surface area contributed by atoms with E-state index >= 15 is 0 Å². The molecule has 0 saturated heterocycles. The summed E-state index contributed by atoms with van der Waals surface area (Å²) in [6, 6.07) is 7.87. The zero-order chi connectivity index (χ0) is 24.5. The van der Waals surface area contributed by atoms with Gasteiger partial charge in [0.1, 0.15) is 5.75 Å². The molecule has 0 aliphatic rings. The third-order valence-electron chi connectivity index (χ3n) is 5.72. The summed E-state index contributed by atoms with van der Waals surface area (Å²) in [5, 5.41) is 7.24. The Balaban J connectivity index is 1.79. The lowest BCUT2D eigenvalue weighted by Gasteiger charge is -2.17. The second-order valence-electron chi connectivity index (χ2n) is 8.57. The highest BCUT2D eigenvalue weighted by Crippen LogP contribution is 2.24. The van der Waals surface area contributed by atoms with E-state index in [1.807, 2.05) is 44.3 Å². The van der Waals surface area contributed by atoms with Gasteiger partial charge in [0.15, 0.2) is 0 Å². The number of nitrogens with zero attached hydrogens (tertiary/aromatic N) is 3. The van der Waals surface area contributed by atoms with Crippen LogP contribution >= 0.6 is 0 Å². The molecule has 2 aromatic heterocycles. The monoisotopic (exact) mass is 464 g/mol. The zero-order valence-electron chi connectivity index (χ0n) is 20.9. The summed E-state index contributed by atoms with van der Waals surface area (Å²) in [6.07, 6.45) is 6.32. The van der Waals surface area contributed by atoms with Crippen LogP contribution < -0.4 is 15.4 Å². The second kappa shape index (κ2) is 12.2. The summed E-state index contributed by atoms with van der Waals surface area (Å²) in [5.74, 6) is 1.57. The summed E-state index contributed by atoms with van der Waals surface area (Å²) in [5.41, 5.74) is 3.89. The van der Waals surface area contributed by atoms with Gasteiger partial charge in [0.2, 0.25) is 17.8 Å². The molecule has 2 heterocycles. The Hall–Kier alpha value is -3.42. The maximum atomic E-state index is 13.0. The van der Waals surface area contributed by atoms with Gasteiger partial charge >= 0.3 is 0 Å². The first-order valence-corrected chi connectivity index (χ1v) is 12.0. The summed E-state index contributed by atoms with van der Waals surface area (Å²) >= 11 is 0. The first-order valence-electron chi connectivity index (χ1n) is 12.0. The molecule has 34 heavy (non-hydrogen) atoms. The maximum Gasteiger partial charge on any atom is 0.229 e. The lowest BCUT2D eigenvalue weighted by atomic mass is 9.97. The smallest absolute Gasteiger partial charge is 0.229 e. The summed E-state index contributed by atoms with van der Waals surface area (Å²) in [6.45, 7) is 8.52. The third kappa shape index (κ3) is 6.79. The van der Waals surface area contributed by atoms with E-state index in [0.717, 1.165) is 59.3 Å². The number of aromatic nitrogens is 3. The molecule has 0 aliphatic heterocycles. The van der Waals surface area contributed by atoms with Crippen LogP contribution in [0, 0.1) is 19.8 Å². The van der Waals surface area contributed by atoms with Crippen molar-refractivity contribution in [2.75, 3.05) is 19.0 Å². The second-order valence-corrected chi connectivity index (χ2v) is 8.57. The van der Waals surface area contributed by atoms with Crippen LogP contribution in [0.25, 0.3) is 10.9 Å². The van der Waals surface area contributed by atoms with E-state index < -0.39 is 0 Å². The van der Waals surface area contributed by atoms with Crippen molar-refractivity contribution in [3.63, 3.8) is 0 Å². The molecule has 1 aromatic carbocycles. The van der Waals surface area contributed by atoms with Crippen molar-refractivity contribution < 1.29 is 9.53 Å². The average molecular weight is 465 g/mol. The Morgan fingerprint density at radius 1 is 1.12 bits per heavy atom. The Morgan fingerprint density at radius 3 is 2.47 bits per heavy atom. The van der Waals surface area contributed by atoms with Gasteiger partial charge in [-0.2, -0.15) is 0 Å². The molecule has 0 aliphatic carbocycles. The van der Waals surface area contributed by atoms with Crippen LogP contribution in [0.15, 0.2) is 35.5 Å². The lowest BCUT2D eigenvalue weighted by Crippen LogP contribution is -2.40. The first kappa shape index (κ1) is 25.2. The van der Waals surface area contributed by atoms with E-state index in [2.05, 4.69) is 39.4 Å². The van der Waals surface area contributed by atoms with Crippen LogP contribution in [0.5, 0.6) is 5.75 Å². The lowest BCUT2D eigenvalue weighted by molar-refractivity contribution is -0.124. The number of aliphatic imine (C=N–C) groups is 1. The molecule has 0 spiro atoms. The molecule has 3 rings (SSSR count). The predicted octanol–water partition coefficient (Wildman–Crippen LogP) is 4.93. The maximum absolute atomic E-state index is 13.0. The Morgan fingerprint density at radius 2 is 1.82 bits per heavy atom. The van der Waals surface area contributed by atoms with Crippen LogP contribution in [0.1, 0.15) is 56.5 Å². The van der Waals surface area contributed by atoms with Crippen LogP contribution in [0.2, 0.25) is 0 Å². The van der Waals surface area contributed by atoms with Crippen molar-refractivity contribution in [2.45, 2.75) is 59.8 Å². The largest absolute Gasteiger partial charge is 0.497 e. The highest BCUT2D eigenvalue weighted by molar-refractivity contribution is 6.04. The molecule has 182 valence electrons. The molecule has 1 amide bonds. The molecule has 0 unspecified atom stereocenters. The van der Waals surface area contributed by atoms with Crippen molar-refractivity contribution in [3.8, 4) is 5.75 Å². The molecule has 0 radical (unpaired) electrons. The van der Waals surface area contributed by atoms with Crippen LogP contribution in [0.4, 0.5) is 5.95 Å². The van der Waals surface area contributed by atoms with Crippen molar-refractivity contribution in [3.05, 3.63) is 47.4 Å². The van der Waals surface area contributed by atoms with Gasteiger partial charge < -0.3 is 9.72 Å². The zero-order valence-corrected chi connectivity index (χ0v) is 20.9. The van der Waals surface area contributed by atoms with Crippen LogP contribution in [-0.2, 0) is 11.2 Å². The van der Waals surface area contributed by atoms with Gasteiger partial charge in [-0.1, -0.05) is 26.7 Å². The summed E-state index contributed by atoms with van der Waals surface area (Å²) in [7, 11) is 1.66. The van der Waals surface area contributed by atoms with Gasteiger partial charge in [-0.15, -0.1) is 0 Å². The topological polar surface area (TPSA) is 104 Å². The number of guanidine groups is 1. The van der Waals surface area contributed by atoms with Crippen molar-refractivity contribution in [1.82, 2.24) is 20.3 Å². The number of hydrogen-bond acceptors (Lipinski definition) is 5. The minimum atomic E-state index is -0.0387. The van der Waals surface area contributed by atoms with Crippen LogP contribution in [-0.4, -0.2) is 40.5 Å². The van der Waals surface area contributed by atoms with E-state index in [-0.39, 0.29) is 11.8 Å². The van der Waals surface area contributed by atoms with Crippen molar-refractivity contribution in [1.29, 1.82) is 0 Å². The summed E-state index contributed by atoms with van der Waals surface area (Å²) < 4.78 is 5.37. The minimum Gasteiger partial charge on any atom is -0.497 e. The van der Waals surface area contributed by atoms with Gasteiger partial charge in [-0.05, 0) is 62.9 Å². The predicted molar refractivity (Wildman–Crippen MR) is 137 cm³/mol. The normalized spacial score (nSPS) is 11.8. The fourth-order valence-corrected chi connectivity index (χ4v) is 4.10. The summed E-state index contributed by atoms with van der Waals surface area (Å²) in [4.78, 5) is 29.9. The molecular formula is C26H36N6O2. The number of nitrogens with one attached hydrogen (secondary N) is 3. The van der Waals surface area contributed by atoms with Crippen molar-refractivity contribution >= 4 is 28.7 Å². The molecule has 3 N–H and O–H groups in total. The fraction of sp³-hybridized carbons (Fsp3) is 0.462. The van der Waals surface area contributed by atoms with E-state index in [4.69, 9.17) is 9.73 Å². The number of carbonyl (C=O) groups excluding carboxylic acids is 1. The van der Waals surface area contributed by atoms with E-state index in [1.54, 1.807) is 7.11 Å². The Labute approximate surface area is 201 Å². The molecule has 0 atom stereocenters. The van der Waals surface area contributed by atoms with E-state index in [9.17, 15) is 4.79 Å². The van der Waals surface area contributed by atoms with Gasteiger partial charge in [0, 0.05) is 41.0 Å². The molecule has 3 aromatic rings. The SMILES string of the molecule is CCCC(CCC)C(=O)NC(=NCCc1c[nH]c2ccc(OC)cc12)Nc1nc(C)cc(C)n1. The van der Waals surface area contributed by atoms with Gasteiger partial charge in [-0.3, -0.25) is 20.4 Å². The number of rotatable bonds is 10. The molecule has 8 nitrogen and oxygen atoms in total. The molecule has 0 saturated carbocycles. The number of H-pyrrole nitrogens is 1. The van der Waals surface area contributed by atoms with Gasteiger partial charge in [-0.25, -0.2) is 9.97 Å². The van der Waals surface area contributed by atoms with Gasteiger partial charge in [0.05, 0.1) is 7.11 Å². The fourth-order valence-electron chi connectivity index (χ4n) is 4.10. The quantitative estimate of drug-likeness (QED) is 0.292. The highest BCUT2D eigenvalue weighted by Gasteiger charge is 2.19.